The SMILES string of the molecule is CN[C@@H]1CCN(c2cc3c(C)cnc(N)c3c(Oc3c(C)ccc(OC)c3C)n2)C1. The van der Waals surface area contributed by atoms with Crippen molar-refractivity contribution in [3.05, 3.63) is 41.1 Å². The Morgan fingerprint density at radius 1 is 1.20 bits per heavy atom. The Bertz CT molecular complexity index is 1100. The van der Waals surface area contributed by atoms with E-state index in [1.165, 1.54) is 0 Å². The predicted molar refractivity (Wildman–Crippen MR) is 121 cm³/mol. The Hall–Kier alpha value is -3.06. The van der Waals surface area contributed by atoms with E-state index in [1.807, 2.05) is 40.0 Å². The predicted octanol–water partition coefficient (Wildman–Crippen LogP) is 3.74. The fraction of sp³-hybridized carbons (Fsp3) is 0.391. The van der Waals surface area contributed by atoms with E-state index in [9.17, 15) is 0 Å². The van der Waals surface area contributed by atoms with Crippen molar-refractivity contribution in [3.63, 3.8) is 0 Å². The minimum Gasteiger partial charge on any atom is -0.496 e. The molecular formula is C23H29N5O2. The van der Waals surface area contributed by atoms with Gasteiger partial charge in [-0.2, -0.15) is 4.98 Å². The molecule has 0 unspecified atom stereocenters. The van der Waals surface area contributed by atoms with Crippen molar-refractivity contribution in [2.75, 3.05) is 37.9 Å². The number of rotatable bonds is 5. The van der Waals surface area contributed by atoms with Crippen LogP contribution >= 0.6 is 0 Å². The highest BCUT2D eigenvalue weighted by molar-refractivity contribution is 5.98. The van der Waals surface area contributed by atoms with E-state index in [4.69, 9.17) is 20.2 Å². The van der Waals surface area contributed by atoms with Crippen LogP contribution in [0.2, 0.25) is 0 Å². The number of likely N-dealkylation sites (N-methyl/N-ethyl adjacent to an activating group) is 1. The molecule has 7 heteroatoms. The van der Waals surface area contributed by atoms with Crippen LogP contribution < -0.4 is 25.4 Å². The number of nitrogens with two attached hydrogens (primary N) is 1. The smallest absolute Gasteiger partial charge is 0.232 e. The third-order valence-corrected chi connectivity index (χ3v) is 5.94. The minimum atomic E-state index is 0.414. The highest BCUT2D eigenvalue weighted by Gasteiger charge is 2.25. The summed E-state index contributed by atoms with van der Waals surface area (Å²) in [6, 6.07) is 6.48. The van der Waals surface area contributed by atoms with Crippen molar-refractivity contribution in [1.29, 1.82) is 0 Å². The summed E-state index contributed by atoms with van der Waals surface area (Å²) in [6.07, 6.45) is 2.88. The maximum absolute atomic E-state index is 6.43. The molecular weight excluding hydrogens is 378 g/mol. The number of aryl methyl sites for hydroxylation is 2. The number of anilines is 2. The first-order valence-corrected chi connectivity index (χ1v) is 10.2. The van der Waals surface area contributed by atoms with Crippen LogP contribution in [0.5, 0.6) is 17.4 Å². The quantitative estimate of drug-likeness (QED) is 0.666. The fourth-order valence-corrected chi connectivity index (χ4v) is 4.09. The van der Waals surface area contributed by atoms with Gasteiger partial charge in [-0.3, -0.25) is 0 Å². The van der Waals surface area contributed by atoms with E-state index in [1.54, 1.807) is 13.3 Å². The number of hydrogen-bond acceptors (Lipinski definition) is 7. The summed E-state index contributed by atoms with van der Waals surface area (Å²) in [5, 5.41) is 5.11. The number of aromatic nitrogens is 2. The van der Waals surface area contributed by atoms with Crippen LogP contribution in [0.3, 0.4) is 0 Å². The third kappa shape index (κ3) is 3.50. The Morgan fingerprint density at radius 2 is 2.00 bits per heavy atom. The first-order valence-electron chi connectivity index (χ1n) is 10.2. The summed E-state index contributed by atoms with van der Waals surface area (Å²) < 4.78 is 11.9. The van der Waals surface area contributed by atoms with Crippen LogP contribution in [0.1, 0.15) is 23.1 Å². The van der Waals surface area contributed by atoms with E-state index in [0.717, 1.165) is 64.3 Å². The van der Waals surface area contributed by atoms with Gasteiger partial charge in [0, 0.05) is 30.9 Å². The Balaban J connectivity index is 1.87. The first-order chi connectivity index (χ1) is 14.4. The maximum atomic E-state index is 6.43. The van der Waals surface area contributed by atoms with Gasteiger partial charge < -0.3 is 25.4 Å². The summed E-state index contributed by atoms with van der Waals surface area (Å²) in [5.41, 5.74) is 9.25. The first kappa shape index (κ1) is 20.2. The van der Waals surface area contributed by atoms with Crippen LogP contribution in [-0.2, 0) is 0 Å². The summed E-state index contributed by atoms with van der Waals surface area (Å²) in [5.74, 6) is 3.29. The lowest BCUT2D eigenvalue weighted by atomic mass is 10.1. The van der Waals surface area contributed by atoms with E-state index in [0.29, 0.717) is 17.7 Å². The van der Waals surface area contributed by atoms with Gasteiger partial charge in [0.15, 0.2) is 0 Å². The Kier molecular flexibility index (Phi) is 5.39. The van der Waals surface area contributed by atoms with Gasteiger partial charge in [0.25, 0.3) is 0 Å². The second-order valence-corrected chi connectivity index (χ2v) is 7.90. The highest BCUT2D eigenvalue weighted by atomic mass is 16.5. The number of nitrogen functional groups attached to an aromatic ring is 1. The van der Waals surface area contributed by atoms with E-state index in [-0.39, 0.29) is 0 Å². The molecule has 0 aliphatic carbocycles. The van der Waals surface area contributed by atoms with Crippen LogP contribution in [0.25, 0.3) is 10.8 Å². The zero-order valence-corrected chi connectivity index (χ0v) is 18.2. The molecule has 4 rings (SSSR count). The number of hydrogen-bond donors (Lipinski definition) is 2. The molecule has 30 heavy (non-hydrogen) atoms. The average Bonchev–Trinajstić information content (AvgIpc) is 3.23. The summed E-state index contributed by atoms with van der Waals surface area (Å²) in [4.78, 5) is 11.5. The van der Waals surface area contributed by atoms with Gasteiger partial charge in [0.1, 0.15) is 23.1 Å². The maximum Gasteiger partial charge on any atom is 0.232 e. The molecule has 1 atom stereocenters. The number of pyridine rings is 2. The Morgan fingerprint density at radius 3 is 2.70 bits per heavy atom. The number of nitrogens with zero attached hydrogens (tertiary/aromatic N) is 3. The molecule has 1 saturated heterocycles. The molecule has 0 radical (unpaired) electrons. The average molecular weight is 408 g/mol. The van der Waals surface area contributed by atoms with Gasteiger partial charge in [0.2, 0.25) is 5.88 Å². The minimum absolute atomic E-state index is 0.414. The summed E-state index contributed by atoms with van der Waals surface area (Å²) >= 11 is 0. The zero-order chi connectivity index (χ0) is 21.4. The molecule has 0 amide bonds. The number of ether oxygens (including phenoxy) is 2. The molecule has 0 bridgehead atoms. The van der Waals surface area contributed by atoms with Gasteiger partial charge in [-0.25, -0.2) is 4.98 Å². The van der Waals surface area contributed by atoms with Crippen LogP contribution in [0.4, 0.5) is 11.6 Å². The van der Waals surface area contributed by atoms with Crippen LogP contribution in [0.15, 0.2) is 24.4 Å². The van der Waals surface area contributed by atoms with E-state index >= 15 is 0 Å². The normalized spacial score (nSPS) is 16.3. The lowest BCUT2D eigenvalue weighted by Crippen LogP contribution is -2.29. The van der Waals surface area contributed by atoms with Gasteiger partial charge in [0.05, 0.1) is 12.5 Å². The van der Waals surface area contributed by atoms with Crippen molar-refractivity contribution in [2.45, 2.75) is 33.2 Å². The van der Waals surface area contributed by atoms with Crippen molar-refractivity contribution in [3.8, 4) is 17.4 Å². The number of benzene rings is 1. The topological polar surface area (TPSA) is 85.5 Å². The largest absolute Gasteiger partial charge is 0.496 e. The third-order valence-electron chi connectivity index (χ3n) is 5.94. The van der Waals surface area contributed by atoms with Crippen LogP contribution in [-0.4, -0.2) is 43.3 Å². The molecule has 1 aliphatic heterocycles. The Labute approximate surface area is 177 Å². The highest BCUT2D eigenvalue weighted by Crippen LogP contribution is 2.40. The molecule has 3 heterocycles. The molecule has 158 valence electrons. The van der Waals surface area contributed by atoms with E-state index < -0.39 is 0 Å². The van der Waals surface area contributed by atoms with E-state index in [2.05, 4.69) is 21.3 Å². The lowest BCUT2D eigenvalue weighted by molar-refractivity contribution is 0.402. The monoisotopic (exact) mass is 407 g/mol. The fourth-order valence-electron chi connectivity index (χ4n) is 4.09. The lowest BCUT2D eigenvalue weighted by Gasteiger charge is -2.21. The van der Waals surface area contributed by atoms with Crippen molar-refractivity contribution in [1.82, 2.24) is 15.3 Å². The van der Waals surface area contributed by atoms with Crippen molar-refractivity contribution >= 4 is 22.4 Å². The molecule has 7 nitrogen and oxygen atoms in total. The molecule has 1 aromatic carbocycles. The number of methoxy groups -OCH3 is 1. The standard InChI is InChI=1S/C23H29N5O2/c1-13-6-7-18(29-5)15(3)21(13)30-23-20-17(14(2)11-26-22(20)24)10-19(27-23)28-9-8-16(12-28)25-4/h6-7,10-11,16,25H,8-9,12H2,1-5H3,(H2,24,26)/t16-/m1/s1. The summed E-state index contributed by atoms with van der Waals surface area (Å²) in [6.45, 7) is 7.88. The molecule has 0 saturated carbocycles. The number of nitrogens with one attached hydrogen (secondary N) is 1. The molecule has 2 aromatic heterocycles. The molecule has 3 aromatic rings. The van der Waals surface area contributed by atoms with Gasteiger partial charge in [-0.1, -0.05) is 6.07 Å². The molecule has 1 fully saturated rings. The summed E-state index contributed by atoms with van der Waals surface area (Å²) in [7, 11) is 3.66. The van der Waals surface area contributed by atoms with Gasteiger partial charge >= 0.3 is 0 Å². The molecule has 3 N–H and O–H groups in total. The van der Waals surface area contributed by atoms with Crippen molar-refractivity contribution in [2.24, 2.45) is 0 Å². The molecule has 1 aliphatic rings. The van der Waals surface area contributed by atoms with Crippen molar-refractivity contribution < 1.29 is 9.47 Å². The number of fused-ring (bicyclic) bond motifs is 1. The zero-order valence-electron chi connectivity index (χ0n) is 18.2. The second kappa shape index (κ2) is 7.99. The molecule has 0 spiro atoms. The van der Waals surface area contributed by atoms with Gasteiger partial charge in [-0.05, 0) is 62.9 Å². The van der Waals surface area contributed by atoms with Gasteiger partial charge in [-0.15, -0.1) is 0 Å². The van der Waals surface area contributed by atoms with Crippen LogP contribution in [0, 0.1) is 20.8 Å². The second-order valence-electron chi connectivity index (χ2n) is 7.90.